The van der Waals surface area contributed by atoms with Crippen LogP contribution in [0.5, 0.6) is 11.5 Å². The van der Waals surface area contributed by atoms with Gasteiger partial charge in [0, 0.05) is 5.56 Å². The summed E-state index contributed by atoms with van der Waals surface area (Å²) in [6.07, 6.45) is 2.74. The zero-order chi connectivity index (χ0) is 27.7. The number of carboxylic acid groups (broad SMARTS) is 1. The zero-order valence-corrected chi connectivity index (χ0v) is 21.8. The number of ether oxygens (including phenoxy) is 2. The van der Waals surface area contributed by atoms with Crippen LogP contribution >= 0.6 is 0 Å². The Hall–Kier alpha value is -2.69. The molecule has 5 atom stereocenters. The van der Waals surface area contributed by atoms with Crippen molar-refractivity contribution in [3.8, 4) is 11.5 Å². The van der Waals surface area contributed by atoms with Gasteiger partial charge in [0.05, 0.1) is 18.6 Å². The van der Waals surface area contributed by atoms with Crippen molar-refractivity contribution >= 4 is 5.97 Å². The molecule has 0 bridgehead atoms. The second-order valence-corrected chi connectivity index (χ2v) is 9.64. The minimum atomic E-state index is -1.76. The third-order valence-corrected chi connectivity index (χ3v) is 6.42. The number of carbonyl (C=O) groups is 1. The quantitative estimate of drug-likeness (QED) is 0.170. The Morgan fingerprint density at radius 3 is 2.43 bits per heavy atom. The third kappa shape index (κ3) is 8.15. The van der Waals surface area contributed by atoms with Gasteiger partial charge in [-0.05, 0) is 70.9 Å². The first-order chi connectivity index (χ1) is 17.5. The van der Waals surface area contributed by atoms with Crippen LogP contribution in [0.4, 0.5) is 0 Å². The highest BCUT2D eigenvalue weighted by Gasteiger charge is 2.45. The summed E-state index contributed by atoms with van der Waals surface area (Å²) < 4.78 is 11.3. The van der Waals surface area contributed by atoms with E-state index < -0.39 is 49.0 Å². The van der Waals surface area contributed by atoms with Gasteiger partial charge < -0.3 is 40.1 Å². The Bertz CT molecular complexity index is 994. The maximum absolute atomic E-state index is 12.1. The molecule has 1 aliphatic heterocycles. The van der Waals surface area contributed by atoms with E-state index in [-0.39, 0.29) is 23.3 Å². The number of hydrogen-bond donors (Lipinski definition) is 6. The Morgan fingerprint density at radius 1 is 1.14 bits per heavy atom. The molecule has 37 heavy (non-hydrogen) atoms. The van der Waals surface area contributed by atoms with Gasteiger partial charge in [-0.2, -0.15) is 0 Å². The number of unbranched alkanes of at least 4 members (excludes halogenated alkanes) is 1. The highest BCUT2D eigenvalue weighted by Crippen LogP contribution is 2.38. The number of benzene rings is 1. The molecule has 1 aromatic carbocycles. The van der Waals surface area contributed by atoms with Gasteiger partial charge in [-0.15, -0.1) is 6.58 Å². The lowest BCUT2D eigenvalue weighted by Crippen LogP contribution is -2.57. The van der Waals surface area contributed by atoms with Gasteiger partial charge >= 0.3 is 5.97 Å². The van der Waals surface area contributed by atoms with Crippen molar-refractivity contribution in [1.82, 2.24) is 0 Å². The van der Waals surface area contributed by atoms with Crippen LogP contribution in [-0.4, -0.2) is 68.0 Å². The molecule has 1 aliphatic rings. The van der Waals surface area contributed by atoms with Crippen LogP contribution in [0.3, 0.4) is 0 Å². The first-order valence-corrected chi connectivity index (χ1v) is 12.5. The molecule has 0 spiro atoms. The van der Waals surface area contributed by atoms with E-state index in [2.05, 4.69) is 12.7 Å². The van der Waals surface area contributed by atoms with E-state index in [1.165, 1.54) is 11.6 Å². The van der Waals surface area contributed by atoms with Crippen LogP contribution in [0, 0.1) is 5.92 Å². The highest BCUT2D eigenvalue weighted by molar-refractivity contribution is 5.93. The van der Waals surface area contributed by atoms with Crippen molar-refractivity contribution < 1.29 is 44.9 Å². The number of aryl methyl sites for hydroxylation is 1. The van der Waals surface area contributed by atoms with E-state index in [0.29, 0.717) is 24.8 Å². The lowest BCUT2D eigenvalue weighted by Gasteiger charge is -2.40. The summed E-state index contributed by atoms with van der Waals surface area (Å²) in [6.45, 7) is 9.05. The number of rotatable bonds is 13. The number of carboxylic acids is 1. The molecule has 1 fully saturated rings. The smallest absolute Gasteiger partial charge is 0.339 e. The minimum Gasteiger partial charge on any atom is -0.507 e. The second kappa shape index (κ2) is 14.3. The molecular weight excluding hydrogens is 480 g/mol. The van der Waals surface area contributed by atoms with Crippen LogP contribution in [0.1, 0.15) is 67.9 Å². The van der Waals surface area contributed by atoms with E-state index in [1.807, 2.05) is 26.8 Å². The van der Waals surface area contributed by atoms with E-state index >= 15 is 0 Å². The molecule has 1 unspecified atom stereocenters. The molecule has 0 aromatic heterocycles. The molecule has 1 aromatic rings. The molecule has 206 valence electrons. The molecule has 1 heterocycles. The standard InChI is InChI=1S/C28H40O9/c1-5-6-7-11-18-14-21(36-28-20(15-29)24(31)25(32)27(35)37-28)19(23(30)22(18)26(33)34)13-12-17(4)10-8-9-16(2)3/h5,9,12,14,20,24-25,27-32,35H,1,6-8,10-11,13,15H2,2-4H3,(H,33,34)/b17-12+/t20-,24-,25+,27+,28?/m1/s1. The van der Waals surface area contributed by atoms with Crippen molar-refractivity contribution in [3.63, 3.8) is 0 Å². The topological polar surface area (TPSA) is 157 Å². The van der Waals surface area contributed by atoms with Gasteiger partial charge in [0.2, 0.25) is 6.29 Å². The van der Waals surface area contributed by atoms with E-state index in [1.54, 1.807) is 6.08 Å². The summed E-state index contributed by atoms with van der Waals surface area (Å²) in [5, 5.41) is 61.0. The Balaban J connectivity index is 2.51. The monoisotopic (exact) mass is 520 g/mol. The van der Waals surface area contributed by atoms with Gasteiger partial charge in [0.1, 0.15) is 23.2 Å². The van der Waals surface area contributed by atoms with Crippen molar-refractivity contribution in [1.29, 1.82) is 0 Å². The Kier molecular flexibility index (Phi) is 11.8. The minimum absolute atomic E-state index is 0.101. The highest BCUT2D eigenvalue weighted by atomic mass is 16.7. The predicted molar refractivity (Wildman–Crippen MR) is 138 cm³/mol. The van der Waals surface area contributed by atoms with E-state index in [9.17, 15) is 35.4 Å². The number of aliphatic hydroxyl groups is 4. The summed E-state index contributed by atoms with van der Waals surface area (Å²) in [5.74, 6) is -2.72. The fourth-order valence-electron chi connectivity index (χ4n) is 4.22. The molecule has 0 saturated carbocycles. The summed E-state index contributed by atoms with van der Waals surface area (Å²) >= 11 is 0. The first-order valence-electron chi connectivity index (χ1n) is 12.5. The first kappa shape index (κ1) is 30.5. The van der Waals surface area contributed by atoms with Crippen LogP contribution in [-0.2, 0) is 17.6 Å². The molecule has 2 rings (SSSR count). The molecule has 6 N–H and O–H groups in total. The number of hydrogen-bond acceptors (Lipinski definition) is 8. The van der Waals surface area contributed by atoms with Gasteiger partial charge in [-0.1, -0.05) is 29.4 Å². The molecule has 9 heteroatoms. The van der Waals surface area contributed by atoms with Crippen LogP contribution in [0.2, 0.25) is 0 Å². The maximum Gasteiger partial charge on any atom is 0.339 e. The average Bonchev–Trinajstić information content (AvgIpc) is 2.82. The fraction of sp³-hybridized carbons (Fsp3) is 0.536. The van der Waals surface area contributed by atoms with Gasteiger partial charge in [-0.25, -0.2) is 4.79 Å². The lowest BCUT2D eigenvalue weighted by molar-refractivity contribution is -0.312. The maximum atomic E-state index is 12.1. The summed E-state index contributed by atoms with van der Waals surface area (Å²) in [7, 11) is 0. The zero-order valence-electron chi connectivity index (χ0n) is 21.8. The van der Waals surface area contributed by atoms with Crippen molar-refractivity contribution in [3.05, 3.63) is 58.7 Å². The molecule has 0 amide bonds. The average molecular weight is 521 g/mol. The number of phenols is 1. The Morgan fingerprint density at radius 2 is 1.84 bits per heavy atom. The Labute approximate surface area is 218 Å². The van der Waals surface area contributed by atoms with E-state index in [0.717, 1.165) is 18.4 Å². The van der Waals surface area contributed by atoms with E-state index in [4.69, 9.17) is 9.47 Å². The number of aliphatic hydroxyl groups excluding tert-OH is 4. The molecular formula is C28H40O9. The number of aromatic hydroxyl groups is 1. The molecule has 0 aliphatic carbocycles. The SMILES string of the molecule is C=CCCCc1cc(OC2O[C@H](O)[C@@H](O)[C@H](O)[C@H]2CO)c(C/C=C(\C)CCC=C(C)C)c(O)c1C(=O)O. The molecule has 9 nitrogen and oxygen atoms in total. The van der Waals surface area contributed by atoms with Crippen LogP contribution in [0.25, 0.3) is 0 Å². The largest absolute Gasteiger partial charge is 0.507 e. The fourth-order valence-corrected chi connectivity index (χ4v) is 4.22. The van der Waals surface area contributed by atoms with Gasteiger partial charge in [-0.3, -0.25) is 0 Å². The number of allylic oxidation sites excluding steroid dienone is 5. The summed E-state index contributed by atoms with van der Waals surface area (Å²) in [6, 6.07) is 1.51. The van der Waals surface area contributed by atoms with Crippen LogP contribution in [0.15, 0.2) is 42.0 Å². The second-order valence-electron chi connectivity index (χ2n) is 9.64. The molecule has 0 radical (unpaired) electrons. The third-order valence-electron chi connectivity index (χ3n) is 6.42. The van der Waals surface area contributed by atoms with Gasteiger partial charge in [0.25, 0.3) is 0 Å². The summed E-state index contributed by atoms with van der Waals surface area (Å²) in [5.41, 5.74) is 2.56. The van der Waals surface area contributed by atoms with Crippen molar-refractivity contribution in [2.24, 2.45) is 5.92 Å². The van der Waals surface area contributed by atoms with Crippen molar-refractivity contribution in [2.45, 2.75) is 84.1 Å². The van der Waals surface area contributed by atoms with Gasteiger partial charge in [0.15, 0.2) is 6.29 Å². The predicted octanol–water partition coefficient (Wildman–Crippen LogP) is 3.22. The lowest BCUT2D eigenvalue weighted by atomic mass is 9.93. The summed E-state index contributed by atoms with van der Waals surface area (Å²) in [4.78, 5) is 12.1. The molecule has 1 saturated heterocycles. The normalized spacial score (nSPS) is 24.0. The van der Waals surface area contributed by atoms with Crippen LogP contribution < -0.4 is 4.74 Å². The number of aromatic carboxylic acids is 1. The van der Waals surface area contributed by atoms with Crippen molar-refractivity contribution in [2.75, 3.05) is 6.61 Å².